The molecule has 0 aliphatic heterocycles. The molecule has 0 heterocycles. The molecule has 0 aromatic heterocycles. The Morgan fingerprint density at radius 2 is 1.56 bits per heavy atom. The van der Waals surface area contributed by atoms with E-state index in [1.54, 1.807) is 0 Å². The number of benzene rings is 3. The van der Waals surface area contributed by atoms with Gasteiger partial charge in [0.15, 0.2) is 0 Å². The molecule has 0 fully saturated rings. The fourth-order valence-electron chi connectivity index (χ4n) is 2.46. The lowest BCUT2D eigenvalue weighted by atomic mass is 9.94. The second-order valence-electron chi connectivity index (χ2n) is 4.74. The van der Waals surface area contributed by atoms with Gasteiger partial charge in [-0.05, 0) is 47.9 Å². The van der Waals surface area contributed by atoms with Crippen molar-refractivity contribution in [1.29, 1.82) is 5.26 Å². The molecule has 1 heteroatoms. The van der Waals surface area contributed by atoms with E-state index in [9.17, 15) is 5.26 Å². The Hall–Kier alpha value is -2.33. The molecule has 0 unspecified atom stereocenters. The van der Waals surface area contributed by atoms with E-state index in [1.807, 2.05) is 18.2 Å². The molecule has 1 nitrogen and oxygen atoms in total. The molecule has 0 aliphatic rings. The fraction of sp³-hybridized carbons (Fsp3) is 0.118. The Morgan fingerprint density at radius 3 is 2.33 bits per heavy atom. The van der Waals surface area contributed by atoms with Crippen LogP contribution >= 0.6 is 0 Å². The lowest BCUT2D eigenvalue weighted by Gasteiger charge is -2.08. The smallest absolute Gasteiger partial charge is 0.100 e. The van der Waals surface area contributed by atoms with Gasteiger partial charge in [0, 0.05) is 10.8 Å². The van der Waals surface area contributed by atoms with Crippen molar-refractivity contribution in [3.05, 3.63) is 59.2 Å². The van der Waals surface area contributed by atoms with Crippen LogP contribution in [0.1, 0.15) is 16.7 Å². The minimum Gasteiger partial charge on any atom is -0.192 e. The molecule has 0 N–H and O–H groups in total. The summed E-state index contributed by atoms with van der Waals surface area (Å²) in [6, 6.07) is 16.9. The van der Waals surface area contributed by atoms with Crippen LogP contribution in [0.4, 0.5) is 0 Å². The summed E-state index contributed by atoms with van der Waals surface area (Å²) in [5.41, 5.74) is 3.28. The maximum Gasteiger partial charge on any atom is 0.100 e. The summed E-state index contributed by atoms with van der Waals surface area (Å²) in [5, 5.41) is 13.8. The van der Waals surface area contributed by atoms with Gasteiger partial charge in [0.25, 0.3) is 0 Å². The molecule has 3 aromatic rings. The average molecular weight is 231 g/mol. The summed E-state index contributed by atoms with van der Waals surface area (Å²) in [5.74, 6) is 0. The molecule has 3 aromatic carbocycles. The quantitative estimate of drug-likeness (QED) is 0.523. The lowest BCUT2D eigenvalue weighted by molar-refractivity contribution is 1.36. The molecule has 0 spiro atoms. The molecule has 18 heavy (non-hydrogen) atoms. The van der Waals surface area contributed by atoms with E-state index in [0.29, 0.717) is 0 Å². The molecule has 0 atom stereocenters. The van der Waals surface area contributed by atoms with Gasteiger partial charge in [-0.1, -0.05) is 30.3 Å². The topological polar surface area (TPSA) is 23.8 Å². The molecule has 0 radical (unpaired) electrons. The van der Waals surface area contributed by atoms with Gasteiger partial charge in [-0.15, -0.1) is 0 Å². The van der Waals surface area contributed by atoms with E-state index in [1.165, 1.54) is 11.1 Å². The zero-order valence-corrected chi connectivity index (χ0v) is 10.5. The number of hydrogen-bond acceptors (Lipinski definition) is 1. The van der Waals surface area contributed by atoms with Crippen LogP contribution in [0.5, 0.6) is 0 Å². The minimum absolute atomic E-state index is 0.784. The van der Waals surface area contributed by atoms with E-state index in [2.05, 4.69) is 44.2 Å². The molecule has 0 saturated heterocycles. The van der Waals surface area contributed by atoms with Gasteiger partial charge in [-0.25, -0.2) is 0 Å². The van der Waals surface area contributed by atoms with Crippen LogP contribution in [0.2, 0.25) is 0 Å². The van der Waals surface area contributed by atoms with Crippen molar-refractivity contribution < 1.29 is 0 Å². The van der Waals surface area contributed by atoms with Gasteiger partial charge in [-0.2, -0.15) is 5.26 Å². The fourth-order valence-corrected chi connectivity index (χ4v) is 2.46. The van der Waals surface area contributed by atoms with Gasteiger partial charge in [0.1, 0.15) is 6.07 Å². The Morgan fingerprint density at radius 1 is 0.833 bits per heavy atom. The SMILES string of the molecule is Cc1cc2cc3ccccc3c(C#N)c2cc1C. The maximum absolute atomic E-state index is 9.44. The van der Waals surface area contributed by atoms with Crippen molar-refractivity contribution in [1.82, 2.24) is 0 Å². The summed E-state index contributed by atoms with van der Waals surface area (Å²) in [4.78, 5) is 0. The third kappa shape index (κ3) is 1.47. The number of fused-ring (bicyclic) bond motifs is 2. The first-order valence-corrected chi connectivity index (χ1v) is 6.03. The number of nitrogens with zero attached hydrogens (tertiary/aromatic N) is 1. The number of rotatable bonds is 0. The largest absolute Gasteiger partial charge is 0.192 e. The van der Waals surface area contributed by atoms with Gasteiger partial charge in [0.2, 0.25) is 0 Å². The Labute approximate surface area is 106 Å². The van der Waals surface area contributed by atoms with Crippen LogP contribution in [-0.4, -0.2) is 0 Å². The first kappa shape index (κ1) is 10.8. The zero-order valence-electron chi connectivity index (χ0n) is 10.5. The highest BCUT2D eigenvalue weighted by atomic mass is 14.3. The van der Waals surface area contributed by atoms with Gasteiger partial charge in [-0.3, -0.25) is 0 Å². The van der Waals surface area contributed by atoms with Crippen LogP contribution in [0.3, 0.4) is 0 Å². The summed E-state index contributed by atoms with van der Waals surface area (Å²) in [6.45, 7) is 4.20. The van der Waals surface area contributed by atoms with Crippen molar-refractivity contribution in [2.24, 2.45) is 0 Å². The molecule has 3 rings (SSSR count). The van der Waals surface area contributed by atoms with Crippen molar-refractivity contribution in [3.8, 4) is 6.07 Å². The van der Waals surface area contributed by atoms with Gasteiger partial charge >= 0.3 is 0 Å². The lowest BCUT2D eigenvalue weighted by Crippen LogP contribution is -1.87. The van der Waals surface area contributed by atoms with Crippen LogP contribution in [0.25, 0.3) is 21.5 Å². The first-order chi connectivity index (χ1) is 8.70. The monoisotopic (exact) mass is 231 g/mol. The van der Waals surface area contributed by atoms with E-state index in [-0.39, 0.29) is 0 Å². The normalized spacial score (nSPS) is 10.7. The van der Waals surface area contributed by atoms with Crippen molar-refractivity contribution in [2.75, 3.05) is 0 Å². The number of hydrogen-bond donors (Lipinski definition) is 0. The Bertz CT molecular complexity index is 807. The van der Waals surface area contributed by atoms with Crippen LogP contribution in [0, 0.1) is 25.2 Å². The highest BCUT2D eigenvalue weighted by Gasteiger charge is 2.08. The van der Waals surface area contributed by atoms with E-state index in [4.69, 9.17) is 0 Å². The third-order valence-corrected chi connectivity index (χ3v) is 3.59. The molecule has 0 saturated carbocycles. The standard InChI is InChI=1S/C17H13N/c1-11-7-14-9-13-5-3-4-6-15(13)17(10-18)16(14)8-12(11)2/h3-9H,1-2H3. The second-order valence-corrected chi connectivity index (χ2v) is 4.74. The number of aryl methyl sites for hydroxylation is 2. The third-order valence-electron chi connectivity index (χ3n) is 3.59. The highest BCUT2D eigenvalue weighted by molar-refractivity contribution is 6.04. The Kier molecular flexibility index (Phi) is 2.31. The summed E-state index contributed by atoms with van der Waals surface area (Å²) in [7, 11) is 0. The van der Waals surface area contributed by atoms with Crippen molar-refractivity contribution in [3.63, 3.8) is 0 Å². The predicted molar refractivity (Wildman–Crippen MR) is 75.6 cm³/mol. The highest BCUT2D eigenvalue weighted by Crippen LogP contribution is 2.29. The van der Waals surface area contributed by atoms with Gasteiger partial charge < -0.3 is 0 Å². The summed E-state index contributed by atoms with van der Waals surface area (Å²) in [6.07, 6.45) is 0. The molecular weight excluding hydrogens is 218 g/mol. The molecule has 0 bridgehead atoms. The average Bonchev–Trinajstić information content (AvgIpc) is 2.38. The Balaban J connectivity index is 2.59. The second kappa shape index (κ2) is 3.85. The molecular formula is C17H13N. The van der Waals surface area contributed by atoms with Crippen LogP contribution < -0.4 is 0 Å². The van der Waals surface area contributed by atoms with E-state index >= 15 is 0 Å². The maximum atomic E-state index is 9.44. The minimum atomic E-state index is 0.784. The molecule has 0 aliphatic carbocycles. The van der Waals surface area contributed by atoms with E-state index < -0.39 is 0 Å². The van der Waals surface area contributed by atoms with Crippen LogP contribution in [-0.2, 0) is 0 Å². The zero-order chi connectivity index (χ0) is 12.7. The summed E-state index contributed by atoms with van der Waals surface area (Å²) < 4.78 is 0. The van der Waals surface area contributed by atoms with E-state index in [0.717, 1.165) is 27.1 Å². The summed E-state index contributed by atoms with van der Waals surface area (Å²) >= 11 is 0. The predicted octanol–water partition coefficient (Wildman–Crippen LogP) is 4.48. The molecule has 0 amide bonds. The molecule has 86 valence electrons. The first-order valence-electron chi connectivity index (χ1n) is 6.03. The van der Waals surface area contributed by atoms with Crippen molar-refractivity contribution >= 4 is 21.5 Å². The van der Waals surface area contributed by atoms with Gasteiger partial charge in [0.05, 0.1) is 5.56 Å². The number of nitriles is 1. The van der Waals surface area contributed by atoms with Crippen molar-refractivity contribution in [2.45, 2.75) is 13.8 Å². The van der Waals surface area contributed by atoms with Crippen LogP contribution in [0.15, 0.2) is 42.5 Å².